The molecule has 0 radical (unpaired) electrons. The summed E-state index contributed by atoms with van der Waals surface area (Å²) in [5, 5.41) is 8.33. The number of hydrogen-bond acceptors (Lipinski definition) is 3. The molecule has 0 fully saturated rings. The molecule has 0 aromatic carbocycles. The number of aromatic nitrogens is 2. The van der Waals surface area contributed by atoms with Gasteiger partial charge in [-0.15, -0.1) is 0 Å². The molecule has 68 valence electrons. The highest BCUT2D eigenvalue weighted by Crippen LogP contribution is 2.15. The number of aliphatic carboxylic acids is 1. The Kier molecular flexibility index (Phi) is 2.69. The molecule has 1 N–H and O–H groups in total. The molecule has 0 bridgehead atoms. The van der Waals surface area contributed by atoms with Crippen LogP contribution in [0.25, 0.3) is 5.57 Å². The molecule has 0 amide bonds. The number of carboxylic acids is 1. The molecule has 0 spiro atoms. The summed E-state index contributed by atoms with van der Waals surface area (Å²) in [6, 6.07) is 0. The van der Waals surface area contributed by atoms with Crippen molar-refractivity contribution in [3.8, 4) is 0 Å². The molecule has 5 heteroatoms. The molecular weight excluding hydrogens is 175 g/mol. The predicted molar refractivity (Wildman–Crippen MR) is 43.4 cm³/mol. The van der Waals surface area contributed by atoms with Crippen LogP contribution in [0.15, 0.2) is 24.4 Å². The van der Waals surface area contributed by atoms with Crippen LogP contribution in [0.4, 0.5) is 4.39 Å². The van der Waals surface area contributed by atoms with E-state index in [2.05, 4.69) is 9.97 Å². The van der Waals surface area contributed by atoms with Crippen molar-refractivity contribution in [1.29, 1.82) is 0 Å². The van der Waals surface area contributed by atoms with Gasteiger partial charge in [0.15, 0.2) is 0 Å². The van der Waals surface area contributed by atoms with Gasteiger partial charge in [0.05, 0.1) is 11.9 Å². The maximum Gasteiger partial charge on any atom is 0.365 e. The SMILES string of the molecule is CC(=C(F)C(=O)O)c1cnccn1. The Labute approximate surface area is 73.8 Å². The van der Waals surface area contributed by atoms with Crippen LogP contribution in [0.5, 0.6) is 0 Å². The van der Waals surface area contributed by atoms with E-state index >= 15 is 0 Å². The molecule has 1 aromatic rings. The molecule has 0 aliphatic rings. The van der Waals surface area contributed by atoms with E-state index in [4.69, 9.17) is 5.11 Å². The van der Waals surface area contributed by atoms with Gasteiger partial charge in [0, 0.05) is 18.0 Å². The second kappa shape index (κ2) is 3.75. The monoisotopic (exact) mass is 182 g/mol. The van der Waals surface area contributed by atoms with E-state index in [1.807, 2.05) is 0 Å². The Hall–Kier alpha value is -1.78. The normalized spacial score (nSPS) is 12.2. The molecule has 0 saturated carbocycles. The van der Waals surface area contributed by atoms with Crippen LogP contribution in [0.3, 0.4) is 0 Å². The fourth-order valence-electron chi connectivity index (χ4n) is 0.766. The minimum absolute atomic E-state index is 0.0272. The van der Waals surface area contributed by atoms with Gasteiger partial charge in [-0.1, -0.05) is 0 Å². The van der Waals surface area contributed by atoms with E-state index in [1.54, 1.807) is 0 Å². The number of halogens is 1. The number of hydrogen-bond donors (Lipinski definition) is 1. The minimum Gasteiger partial charge on any atom is -0.476 e. The van der Waals surface area contributed by atoms with Crippen LogP contribution in [0.2, 0.25) is 0 Å². The topological polar surface area (TPSA) is 63.1 Å². The third-order valence-electron chi connectivity index (χ3n) is 1.46. The second-order valence-electron chi connectivity index (χ2n) is 2.33. The lowest BCUT2D eigenvalue weighted by molar-refractivity contribution is -0.134. The standard InChI is InChI=1S/C8H7FN2O2/c1-5(7(9)8(12)13)6-4-10-2-3-11-6/h2-4H,1H3,(H,12,13). The number of nitrogens with zero attached hydrogens (tertiary/aromatic N) is 2. The quantitative estimate of drug-likeness (QED) is 0.699. The van der Waals surface area contributed by atoms with Crippen molar-refractivity contribution in [2.75, 3.05) is 0 Å². The highest BCUT2D eigenvalue weighted by Gasteiger charge is 2.12. The van der Waals surface area contributed by atoms with Gasteiger partial charge < -0.3 is 5.11 Å². The highest BCUT2D eigenvalue weighted by molar-refractivity contribution is 5.92. The van der Waals surface area contributed by atoms with Gasteiger partial charge in [-0.05, 0) is 6.92 Å². The van der Waals surface area contributed by atoms with Crippen LogP contribution in [0, 0.1) is 0 Å². The van der Waals surface area contributed by atoms with Crippen molar-refractivity contribution in [3.63, 3.8) is 0 Å². The molecule has 0 saturated heterocycles. The lowest BCUT2D eigenvalue weighted by atomic mass is 10.2. The van der Waals surface area contributed by atoms with Crippen molar-refractivity contribution < 1.29 is 14.3 Å². The smallest absolute Gasteiger partial charge is 0.365 e. The Bertz CT molecular complexity index is 348. The van der Waals surface area contributed by atoms with E-state index in [-0.39, 0.29) is 11.3 Å². The van der Waals surface area contributed by atoms with Crippen LogP contribution in [-0.2, 0) is 4.79 Å². The summed E-state index contributed by atoms with van der Waals surface area (Å²) in [6.07, 6.45) is 4.10. The Morgan fingerprint density at radius 2 is 2.23 bits per heavy atom. The lowest BCUT2D eigenvalue weighted by Gasteiger charge is -1.98. The molecule has 1 rings (SSSR count). The Morgan fingerprint density at radius 3 is 2.69 bits per heavy atom. The first-order valence-corrected chi connectivity index (χ1v) is 3.49. The van der Waals surface area contributed by atoms with Crippen LogP contribution in [-0.4, -0.2) is 21.0 Å². The van der Waals surface area contributed by atoms with Gasteiger partial charge in [-0.3, -0.25) is 9.97 Å². The lowest BCUT2D eigenvalue weighted by Crippen LogP contribution is -1.99. The molecule has 1 heterocycles. The number of carboxylic acid groups (broad SMARTS) is 1. The first-order valence-electron chi connectivity index (χ1n) is 3.49. The fraction of sp³-hybridized carbons (Fsp3) is 0.125. The zero-order valence-electron chi connectivity index (χ0n) is 6.86. The molecule has 1 aromatic heterocycles. The Morgan fingerprint density at radius 1 is 1.54 bits per heavy atom. The molecule has 0 aliphatic carbocycles. The van der Waals surface area contributed by atoms with E-state index in [0.29, 0.717) is 0 Å². The fourth-order valence-corrected chi connectivity index (χ4v) is 0.766. The van der Waals surface area contributed by atoms with Crippen LogP contribution < -0.4 is 0 Å². The third kappa shape index (κ3) is 2.08. The maximum atomic E-state index is 12.8. The average Bonchev–Trinajstić information content (AvgIpc) is 2.17. The summed E-state index contributed by atoms with van der Waals surface area (Å²) in [5.41, 5.74) is 0.197. The second-order valence-corrected chi connectivity index (χ2v) is 2.33. The zero-order chi connectivity index (χ0) is 9.84. The summed E-state index contributed by atoms with van der Waals surface area (Å²) in [6.45, 7) is 1.34. The summed E-state index contributed by atoms with van der Waals surface area (Å²) < 4.78 is 12.8. The Balaban J connectivity index is 3.11. The molecule has 0 aliphatic heterocycles. The maximum absolute atomic E-state index is 12.8. The van der Waals surface area contributed by atoms with Crippen molar-refractivity contribution in [2.45, 2.75) is 6.92 Å². The minimum atomic E-state index is -1.59. The number of allylic oxidation sites excluding steroid dienone is 1. The average molecular weight is 182 g/mol. The van der Waals surface area contributed by atoms with Gasteiger partial charge in [-0.2, -0.15) is 4.39 Å². The van der Waals surface area contributed by atoms with E-state index in [9.17, 15) is 9.18 Å². The molecular formula is C8H7FN2O2. The van der Waals surface area contributed by atoms with E-state index in [1.165, 1.54) is 25.5 Å². The van der Waals surface area contributed by atoms with Gasteiger partial charge in [0.2, 0.25) is 5.83 Å². The first-order chi connectivity index (χ1) is 6.13. The van der Waals surface area contributed by atoms with Crippen molar-refractivity contribution in [3.05, 3.63) is 30.1 Å². The largest absolute Gasteiger partial charge is 0.476 e. The summed E-state index contributed by atoms with van der Waals surface area (Å²) in [7, 11) is 0. The predicted octanol–water partition coefficient (Wildman–Crippen LogP) is 1.26. The van der Waals surface area contributed by atoms with Gasteiger partial charge in [0.1, 0.15) is 0 Å². The summed E-state index contributed by atoms with van der Waals surface area (Å²) in [4.78, 5) is 17.7. The molecule has 4 nitrogen and oxygen atoms in total. The van der Waals surface area contributed by atoms with Gasteiger partial charge in [0.25, 0.3) is 0 Å². The van der Waals surface area contributed by atoms with Gasteiger partial charge >= 0.3 is 5.97 Å². The van der Waals surface area contributed by atoms with Crippen molar-refractivity contribution in [1.82, 2.24) is 9.97 Å². The highest BCUT2D eigenvalue weighted by atomic mass is 19.1. The van der Waals surface area contributed by atoms with E-state index in [0.717, 1.165) is 0 Å². The molecule has 0 atom stereocenters. The van der Waals surface area contributed by atoms with Crippen molar-refractivity contribution in [2.24, 2.45) is 0 Å². The van der Waals surface area contributed by atoms with Crippen LogP contribution in [0.1, 0.15) is 12.6 Å². The first kappa shape index (κ1) is 9.31. The van der Waals surface area contributed by atoms with Crippen molar-refractivity contribution >= 4 is 11.5 Å². The summed E-state index contributed by atoms with van der Waals surface area (Å²) >= 11 is 0. The molecule has 0 unspecified atom stereocenters. The third-order valence-corrected chi connectivity index (χ3v) is 1.46. The van der Waals surface area contributed by atoms with Crippen LogP contribution >= 0.6 is 0 Å². The zero-order valence-corrected chi connectivity index (χ0v) is 6.86. The summed E-state index contributed by atoms with van der Waals surface area (Å²) in [5.74, 6) is -2.80. The molecule has 13 heavy (non-hydrogen) atoms. The van der Waals surface area contributed by atoms with Gasteiger partial charge in [-0.25, -0.2) is 4.79 Å². The number of carbonyl (C=O) groups is 1. The van der Waals surface area contributed by atoms with E-state index < -0.39 is 11.8 Å². The number of rotatable bonds is 2.